The van der Waals surface area contributed by atoms with Gasteiger partial charge in [-0.3, -0.25) is 0 Å². The van der Waals surface area contributed by atoms with Crippen LogP contribution in [0.5, 0.6) is 5.75 Å². The van der Waals surface area contributed by atoms with E-state index < -0.39 is 0 Å². The standard InChI is InChI=1S/C17H22N2O2/c1-12-17(13(2)21-19-12)11-20-16-7-5-14(6-8-16)15-4-3-9-18-10-15/h5-8,15,18H,3-4,9-11H2,1-2H3. The lowest BCUT2D eigenvalue weighted by Crippen LogP contribution is -2.28. The first kappa shape index (κ1) is 14.1. The number of hydrogen-bond acceptors (Lipinski definition) is 4. The fraction of sp³-hybridized carbons (Fsp3) is 0.471. The SMILES string of the molecule is Cc1noc(C)c1COc1ccc(C2CCCNC2)cc1. The van der Waals surface area contributed by atoms with Gasteiger partial charge in [-0.25, -0.2) is 0 Å². The molecule has 0 amide bonds. The van der Waals surface area contributed by atoms with Gasteiger partial charge < -0.3 is 14.6 Å². The maximum absolute atomic E-state index is 5.84. The largest absolute Gasteiger partial charge is 0.489 e. The summed E-state index contributed by atoms with van der Waals surface area (Å²) in [6.45, 7) is 6.59. The smallest absolute Gasteiger partial charge is 0.140 e. The van der Waals surface area contributed by atoms with E-state index in [1.54, 1.807) is 0 Å². The Morgan fingerprint density at radius 2 is 2.10 bits per heavy atom. The fourth-order valence-electron chi connectivity index (χ4n) is 2.84. The van der Waals surface area contributed by atoms with Crippen molar-refractivity contribution in [2.24, 2.45) is 0 Å². The lowest BCUT2D eigenvalue weighted by Gasteiger charge is -2.23. The Morgan fingerprint density at radius 3 is 2.71 bits per heavy atom. The molecule has 1 saturated heterocycles. The van der Waals surface area contributed by atoms with E-state index in [1.807, 2.05) is 13.8 Å². The van der Waals surface area contributed by atoms with Crippen molar-refractivity contribution in [2.75, 3.05) is 13.1 Å². The van der Waals surface area contributed by atoms with E-state index in [-0.39, 0.29) is 0 Å². The van der Waals surface area contributed by atoms with Crippen molar-refractivity contribution in [1.29, 1.82) is 0 Å². The van der Waals surface area contributed by atoms with Crippen molar-refractivity contribution in [3.8, 4) is 5.75 Å². The molecule has 3 rings (SSSR count). The van der Waals surface area contributed by atoms with Gasteiger partial charge in [-0.15, -0.1) is 0 Å². The maximum atomic E-state index is 5.84. The highest BCUT2D eigenvalue weighted by Crippen LogP contribution is 2.25. The van der Waals surface area contributed by atoms with Crippen LogP contribution in [0.4, 0.5) is 0 Å². The Morgan fingerprint density at radius 1 is 1.29 bits per heavy atom. The second kappa shape index (κ2) is 6.31. The molecule has 1 atom stereocenters. The van der Waals surface area contributed by atoms with Gasteiger partial charge in [0.2, 0.25) is 0 Å². The number of aryl methyl sites for hydroxylation is 2. The highest BCUT2D eigenvalue weighted by molar-refractivity contribution is 5.30. The van der Waals surface area contributed by atoms with Crippen molar-refractivity contribution in [1.82, 2.24) is 10.5 Å². The van der Waals surface area contributed by atoms with Crippen LogP contribution in [0.2, 0.25) is 0 Å². The number of aromatic nitrogens is 1. The third-order valence-corrected chi connectivity index (χ3v) is 4.21. The van der Waals surface area contributed by atoms with E-state index in [9.17, 15) is 0 Å². The molecule has 4 heteroatoms. The predicted octanol–water partition coefficient (Wildman–Crippen LogP) is 3.34. The first-order chi connectivity index (χ1) is 10.2. The Kier molecular flexibility index (Phi) is 4.25. The summed E-state index contributed by atoms with van der Waals surface area (Å²) < 4.78 is 11.0. The highest BCUT2D eigenvalue weighted by Gasteiger charge is 2.15. The van der Waals surface area contributed by atoms with Crippen molar-refractivity contribution in [3.05, 3.63) is 46.8 Å². The minimum atomic E-state index is 0.505. The van der Waals surface area contributed by atoms with Crippen molar-refractivity contribution in [2.45, 2.75) is 39.2 Å². The van der Waals surface area contributed by atoms with E-state index in [0.717, 1.165) is 35.9 Å². The molecule has 112 valence electrons. The molecule has 1 aromatic carbocycles. The Balaban J connectivity index is 1.62. The minimum Gasteiger partial charge on any atom is -0.489 e. The van der Waals surface area contributed by atoms with Gasteiger partial charge in [0, 0.05) is 6.54 Å². The number of nitrogens with one attached hydrogen (secondary N) is 1. The maximum Gasteiger partial charge on any atom is 0.140 e. The number of piperidine rings is 1. The second-order valence-corrected chi connectivity index (χ2v) is 5.70. The molecule has 21 heavy (non-hydrogen) atoms. The van der Waals surface area contributed by atoms with Gasteiger partial charge in [-0.1, -0.05) is 17.3 Å². The second-order valence-electron chi connectivity index (χ2n) is 5.70. The molecule has 0 bridgehead atoms. The number of rotatable bonds is 4. The number of ether oxygens (including phenoxy) is 1. The van der Waals surface area contributed by atoms with Gasteiger partial charge in [0.1, 0.15) is 18.1 Å². The van der Waals surface area contributed by atoms with Crippen LogP contribution in [0.15, 0.2) is 28.8 Å². The molecule has 1 aliphatic rings. The third kappa shape index (κ3) is 3.27. The fourth-order valence-corrected chi connectivity index (χ4v) is 2.84. The van der Waals surface area contributed by atoms with Crippen LogP contribution in [0.3, 0.4) is 0 Å². The molecule has 2 aromatic rings. The van der Waals surface area contributed by atoms with Crippen LogP contribution in [0, 0.1) is 13.8 Å². The lowest BCUT2D eigenvalue weighted by molar-refractivity contribution is 0.301. The topological polar surface area (TPSA) is 47.3 Å². The van der Waals surface area contributed by atoms with Gasteiger partial charge in [0.25, 0.3) is 0 Å². The van der Waals surface area contributed by atoms with Crippen molar-refractivity contribution < 1.29 is 9.26 Å². The van der Waals surface area contributed by atoms with E-state index in [4.69, 9.17) is 9.26 Å². The summed E-state index contributed by atoms with van der Waals surface area (Å²) in [4.78, 5) is 0. The van der Waals surface area contributed by atoms with Gasteiger partial charge in [-0.2, -0.15) is 0 Å². The van der Waals surface area contributed by atoms with Gasteiger partial charge in [0.05, 0.1) is 11.3 Å². The molecule has 0 saturated carbocycles. The Hall–Kier alpha value is -1.81. The summed E-state index contributed by atoms with van der Waals surface area (Å²) in [5.41, 5.74) is 3.33. The molecule has 1 fully saturated rings. The zero-order valence-electron chi connectivity index (χ0n) is 12.7. The summed E-state index contributed by atoms with van der Waals surface area (Å²) in [7, 11) is 0. The lowest BCUT2D eigenvalue weighted by atomic mass is 9.92. The molecule has 0 radical (unpaired) electrons. The van der Waals surface area contributed by atoms with Crippen LogP contribution >= 0.6 is 0 Å². The van der Waals surface area contributed by atoms with Gasteiger partial charge >= 0.3 is 0 Å². The Labute approximate surface area is 125 Å². The predicted molar refractivity (Wildman–Crippen MR) is 81.6 cm³/mol. The molecule has 4 nitrogen and oxygen atoms in total. The van der Waals surface area contributed by atoms with E-state index in [1.165, 1.54) is 18.4 Å². The van der Waals surface area contributed by atoms with Crippen LogP contribution in [-0.2, 0) is 6.61 Å². The zero-order chi connectivity index (χ0) is 14.7. The van der Waals surface area contributed by atoms with Crippen LogP contribution < -0.4 is 10.1 Å². The zero-order valence-corrected chi connectivity index (χ0v) is 12.7. The number of hydrogen-bond donors (Lipinski definition) is 1. The number of benzene rings is 1. The van der Waals surface area contributed by atoms with Crippen LogP contribution in [-0.4, -0.2) is 18.2 Å². The first-order valence-electron chi connectivity index (χ1n) is 7.59. The average Bonchev–Trinajstić information content (AvgIpc) is 2.85. The molecule has 1 aliphatic heterocycles. The summed E-state index contributed by atoms with van der Waals surface area (Å²) in [6, 6.07) is 8.48. The Bertz CT molecular complexity index is 564. The summed E-state index contributed by atoms with van der Waals surface area (Å²) in [6.07, 6.45) is 2.53. The summed E-state index contributed by atoms with van der Waals surface area (Å²) in [5.74, 6) is 2.36. The quantitative estimate of drug-likeness (QED) is 0.936. The van der Waals surface area contributed by atoms with E-state index in [0.29, 0.717) is 12.5 Å². The molecule has 0 spiro atoms. The van der Waals surface area contributed by atoms with Crippen LogP contribution in [0.25, 0.3) is 0 Å². The molecule has 1 aromatic heterocycles. The third-order valence-electron chi connectivity index (χ3n) is 4.21. The monoisotopic (exact) mass is 286 g/mol. The summed E-state index contributed by atoms with van der Waals surface area (Å²) >= 11 is 0. The van der Waals surface area contributed by atoms with E-state index in [2.05, 4.69) is 34.7 Å². The van der Waals surface area contributed by atoms with Crippen molar-refractivity contribution in [3.63, 3.8) is 0 Å². The van der Waals surface area contributed by atoms with Crippen molar-refractivity contribution >= 4 is 0 Å². The van der Waals surface area contributed by atoms with Gasteiger partial charge in [-0.05, 0) is 56.8 Å². The number of nitrogens with zero attached hydrogens (tertiary/aromatic N) is 1. The normalized spacial score (nSPS) is 18.7. The molecule has 1 N–H and O–H groups in total. The average molecular weight is 286 g/mol. The molecule has 0 aliphatic carbocycles. The van der Waals surface area contributed by atoms with Gasteiger partial charge in [0.15, 0.2) is 0 Å². The first-order valence-corrected chi connectivity index (χ1v) is 7.59. The van der Waals surface area contributed by atoms with Crippen LogP contribution in [0.1, 0.15) is 41.3 Å². The molecule has 2 heterocycles. The molecule has 1 unspecified atom stereocenters. The molecular formula is C17H22N2O2. The summed E-state index contributed by atoms with van der Waals surface area (Å²) in [5, 5.41) is 7.40. The minimum absolute atomic E-state index is 0.505. The molecular weight excluding hydrogens is 264 g/mol. The highest BCUT2D eigenvalue weighted by atomic mass is 16.5. The van der Waals surface area contributed by atoms with E-state index >= 15 is 0 Å².